The number of aryl methyl sites for hydroxylation is 3. The molecule has 312 valence electrons. The highest BCUT2D eigenvalue weighted by atomic mass is 14.4. The van der Waals surface area contributed by atoms with Gasteiger partial charge in [0.2, 0.25) is 0 Å². The zero-order valence-corrected chi connectivity index (χ0v) is 37.9. The fourth-order valence-electron chi connectivity index (χ4n) is 11.4. The topological polar surface area (TPSA) is 0 Å². The number of hydrogen-bond donors (Lipinski definition) is 0. The van der Waals surface area contributed by atoms with Crippen LogP contribution >= 0.6 is 0 Å². The molecule has 9 aromatic rings. The van der Waals surface area contributed by atoms with Gasteiger partial charge in [0, 0.05) is 17.8 Å². The minimum atomic E-state index is 0.225. The van der Waals surface area contributed by atoms with Crippen molar-refractivity contribution >= 4 is 43.5 Å². The van der Waals surface area contributed by atoms with Crippen molar-refractivity contribution in [2.75, 3.05) is 0 Å². The van der Waals surface area contributed by atoms with E-state index in [0.29, 0.717) is 5.92 Å². The predicted octanol–water partition coefficient (Wildman–Crippen LogP) is 17.6. The van der Waals surface area contributed by atoms with Crippen molar-refractivity contribution in [2.45, 2.75) is 46.5 Å². The molecule has 9 aromatic carbocycles. The lowest BCUT2D eigenvalue weighted by atomic mass is 9.64. The van der Waals surface area contributed by atoms with E-state index in [9.17, 15) is 0 Å². The maximum absolute atomic E-state index is 2.65. The first-order valence-electron chi connectivity index (χ1n) is 23.4. The second kappa shape index (κ2) is 15.5. The van der Waals surface area contributed by atoms with Crippen LogP contribution in [0.5, 0.6) is 0 Å². The summed E-state index contributed by atoms with van der Waals surface area (Å²) in [7, 11) is 0. The van der Waals surface area contributed by atoms with E-state index in [-0.39, 0.29) is 17.8 Å². The van der Waals surface area contributed by atoms with Crippen LogP contribution in [0.2, 0.25) is 0 Å². The molecule has 0 fully saturated rings. The molecule has 3 aliphatic carbocycles. The van der Waals surface area contributed by atoms with Gasteiger partial charge in [-0.1, -0.05) is 205 Å². The van der Waals surface area contributed by atoms with Crippen molar-refractivity contribution in [3.05, 3.63) is 250 Å². The van der Waals surface area contributed by atoms with Gasteiger partial charge in [0.1, 0.15) is 0 Å². The Bertz CT molecular complexity index is 3510. The number of rotatable bonds is 5. The first kappa shape index (κ1) is 39.3. The molecule has 0 saturated heterocycles. The molecule has 0 aromatic heterocycles. The Morgan fingerprint density at radius 3 is 1.54 bits per heavy atom. The zero-order valence-electron chi connectivity index (χ0n) is 37.9. The summed E-state index contributed by atoms with van der Waals surface area (Å²) in [6, 6.07) is 64.9. The molecule has 12 rings (SSSR count). The van der Waals surface area contributed by atoms with Crippen molar-refractivity contribution in [3.8, 4) is 33.4 Å². The number of allylic oxidation sites excluding steroid dienone is 7. The van der Waals surface area contributed by atoms with Crippen LogP contribution in [0.1, 0.15) is 70.2 Å². The highest BCUT2D eigenvalue weighted by Gasteiger charge is 2.37. The van der Waals surface area contributed by atoms with Crippen LogP contribution in [0.15, 0.2) is 206 Å². The number of hydrogen-bond acceptors (Lipinski definition) is 0. The average Bonchev–Trinajstić information content (AvgIpc) is 3.33. The standard InChI is InChI=1S/C65H52/c1-39-14-21-44(22-15-39)56-35-63-54-30-27-47(33-59(54)58(46-25-18-41(3)19-26-46)37-62(63)52-12-8-6-10-50(52)56)48-28-31-55-60(34-48)61(49-29-20-42(4)32-43(49)5)38-65-53-13-9-7-11-51(53)57(36-64(55)65)45-23-16-40(2)17-24-45/h6-38,43,49,64-65H,1-5H3. The third-order valence-electron chi connectivity index (χ3n) is 14.8. The molecule has 0 spiro atoms. The summed E-state index contributed by atoms with van der Waals surface area (Å²) in [5, 5.41) is 7.69. The highest BCUT2D eigenvalue weighted by Crippen LogP contribution is 2.54. The van der Waals surface area contributed by atoms with Crippen molar-refractivity contribution in [1.82, 2.24) is 0 Å². The SMILES string of the molecule is CC1=CC(C)C(C2=CC3c4ccccc4C(c4ccc(C)cc4)=CC3c3ccc(-c4ccc5c(c4)c(-c4ccc(C)cc4)cc4c6ccccc6c(-c6ccc(C)cc6)cc54)cc32)C=C1. The minimum absolute atomic E-state index is 0.225. The van der Waals surface area contributed by atoms with Gasteiger partial charge in [-0.15, -0.1) is 0 Å². The molecule has 0 nitrogen and oxygen atoms in total. The third kappa shape index (κ3) is 6.66. The number of benzene rings is 9. The Kier molecular flexibility index (Phi) is 9.35. The van der Waals surface area contributed by atoms with Gasteiger partial charge >= 0.3 is 0 Å². The maximum atomic E-state index is 2.65. The van der Waals surface area contributed by atoms with E-state index in [1.165, 1.54) is 127 Å². The molecule has 65 heavy (non-hydrogen) atoms. The summed E-state index contributed by atoms with van der Waals surface area (Å²) in [5.74, 6) is 1.16. The average molecular weight is 833 g/mol. The molecule has 4 unspecified atom stereocenters. The van der Waals surface area contributed by atoms with Crippen molar-refractivity contribution in [2.24, 2.45) is 11.8 Å². The van der Waals surface area contributed by atoms with E-state index in [0.717, 1.165) is 0 Å². The van der Waals surface area contributed by atoms with Crippen LogP contribution in [-0.2, 0) is 0 Å². The summed E-state index contributed by atoms with van der Waals surface area (Å²) in [6.45, 7) is 11.1. The van der Waals surface area contributed by atoms with Crippen LogP contribution in [0, 0.1) is 32.6 Å². The van der Waals surface area contributed by atoms with Crippen molar-refractivity contribution in [1.29, 1.82) is 0 Å². The van der Waals surface area contributed by atoms with Gasteiger partial charge in [-0.2, -0.15) is 0 Å². The summed E-state index contributed by atoms with van der Waals surface area (Å²) in [6.07, 6.45) is 12.5. The smallest absolute Gasteiger partial charge is 0.0137 e. The largest absolute Gasteiger partial charge is 0.0778 e. The number of fused-ring (bicyclic) bond motifs is 10. The van der Waals surface area contributed by atoms with Gasteiger partial charge in [0.25, 0.3) is 0 Å². The van der Waals surface area contributed by atoms with Crippen molar-refractivity contribution < 1.29 is 0 Å². The van der Waals surface area contributed by atoms with Crippen LogP contribution < -0.4 is 0 Å². The Labute approximate surface area is 383 Å². The lowest BCUT2D eigenvalue weighted by molar-refractivity contribution is 0.602. The van der Waals surface area contributed by atoms with Crippen LogP contribution in [0.25, 0.3) is 76.8 Å². The van der Waals surface area contributed by atoms with E-state index in [1.807, 2.05) is 0 Å². The minimum Gasteiger partial charge on any atom is -0.0778 e. The monoisotopic (exact) mass is 832 g/mol. The van der Waals surface area contributed by atoms with Gasteiger partial charge in [-0.25, -0.2) is 0 Å². The third-order valence-corrected chi connectivity index (χ3v) is 14.8. The van der Waals surface area contributed by atoms with E-state index in [1.54, 1.807) is 0 Å². The van der Waals surface area contributed by atoms with Crippen LogP contribution in [0.3, 0.4) is 0 Å². The van der Waals surface area contributed by atoms with E-state index >= 15 is 0 Å². The summed E-state index contributed by atoms with van der Waals surface area (Å²) in [5.41, 5.74) is 22.3. The molecular weight excluding hydrogens is 781 g/mol. The predicted molar refractivity (Wildman–Crippen MR) is 278 cm³/mol. The van der Waals surface area contributed by atoms with Crippen LogP contribution in [0.4, 0.5) is 0 Å². The summed E-state index contributed by atoms with van der Waals surface area (Å²) in [4.78, 5) is 0. The quantitative estimate of drug-likeness (QED) is 0.152. The van der Waals surface area contributed by atoms with Gasteiger partial charge in [0.05, 0.1) is 0 Å². The van der Waals surface area contributed by atoms with E-state index < -0.39 is 0 Å². The molecule has 3 aliphatic rings. The molecule has 0 N–H and O–H groups in total. The van der Waals surface area contributed by atoms with E-state index in [4.69, 9.17) is 0 Å². The Morgan fingerprint density at radius 2 is 0.862 bits per heavy atom. The van der Waals surface area contributed by atoms with Gasteiger partial charge in [-0.3, -0.25) is 0 Å². The molecule has 0 radical (unpaired) electrons. The molecule has 0 heteroatoms. The lowest BCUT2D eigenvalue weighted by Gasteiger charge is -2.39. The van der Waals surface area contributed by atoms with Gasteiger partial charge in [-0.05, 0) is 163 Å². The summed E-state index contributed by atoms with van der Waals surface area (Å²) < 4.78 is 0. The van der Waals surface area contributed by atoms with E-state index in [2.05, 4.69) is 235 Å². The first-order valence-corrected chi connectivity index (χ1v) is 23.4. The van der Waals surface area contributed by atoms with Gasteiger partial charge in [0.15, 0.2) is 0 Å². The summed E-state index contributed by atoms with van der Waals surface area (Å²) >= 11 is 0. The van der Waals surface area contributed by atoms with Gasteiger partial charge < -0.3 is 0 Å². The second-order valence-corrected chi connectivity index (χ2v) is 19.1. The maximum Gasteiger partial charge on any atom is 0.0137 e. The molecule has 0 amide bonds. The fourth-order valence-corrected chi connectivity index (χ4v) is 11.4. The Morgan fingerprint density at radius 1 is 0.338 bits per heavy atom. The van der Waals surface area contributed by atoms with Crippen LogP contribution in [-0.4, -0.2) is 0 Å². The molecule has 0 heterocycles. The van der Waals surface area contributed by atoms with Crippen molar-refractivity contribution in [3.63, 3.8) is 0 Å². The fraction of sp³-hybridized carbons (Fsp3) is 0.138. The molecule has 4 atom stereocenters. The lowest BCUT2D eigenvalue weighted by Crippen LogP contribution is -2.23. The Hall–Kier alpha value is -7.28. The molecular formula is C65H52. The normalized spacial score (nSPS) is 18.8. The zero-order chi connectivity index (χ0) is 43.9. The molecule has 0 aliphatic heterocycles. The molecule has 0 bridgehead atoms. The molecule has 0 saturated carbocycles. The first-order chi connectivity index (χ1) is 31.8. The Balaban J connectivity index is 1.07. The second-order valence-electron chi connectivity index (χ2n) is 19.1. The highest BCUT2D eigenvalue weighted by molar-refractivity contribution is 6.24.